The van der Waals surface area contributed by atoms with Crippen molar-refractivity contribution in [1.29, 1.82) is 0 Å². The van der Waals surface area contributed by atoms with Gasteiger partial charge in [-0.25, -0.2) is 19.9 Å². The summed E-state index contributed by atoms with van der Waals surface area (Å²) in [5.41, 5.74) is 4.10. The maximum absolute atomic E-state index is 4.81. The maximum atomic E-state index is 4.81. The summed E-state index contributed by atoms with van der Waals surface area (Å²) in [5.74, 6) is 3.53. The summed E-state index contributed by atoms with van der Waals surface area (Å²) in [6.07, 6.45) is 5.62. The van der Waals surface area contributed by atoms with Crippen LogP contribution in [0.2, 0.25) is 0 Å². The molecule has 0 spiro atoms. The van der Waals surface area contributed by atoms with Crippen LogP contribution in [0.5, 0.6) is 0 Å². The van der Waals surface area contributed by atoms with E-state index in [9.17, 15) is 0 Å². The molecule has 1 saturated heterocycles. The average Bonchev–Trinajstić information content (AvgIpc) is 2.72. The van der Waals surface area contributed by atoms with Crippen LogP contribution in [-0.4, -0.2) is 44.1 Å². The van der Waals surface area contributed by atoms with Crippen LogP contribution in [0.4, 0.5) is 11.6 Å². The van der Waals surface area contributed by atoms with Crippen LogP contribution in [0.1, 0.15) is 35.6 Å². The highest BCUT2D eigenvalue weighted by Crippen LogP contribution is 2.25. The van der Waals surface area contributed by atoms with E-state index in [0.717, 1.165) is 71.7 Å². The minimum absolute atomic E-state index is 0.383. The van der Waals surface area contributed by atoms with Crippen molar-refractivity contribution in [1.82, 2.24) is 24.9 Å². The lowest BCUT2D eigenvalue weighted by Gasteiger charge is -2.34. The minimum atomic E-state index is 0.383. The van der Waals surface area contributed by atoms with E-state index < -0.39 is 0 Å². The van der Waals surface area contributed by atoms with Crippen molar-refractivity contribution >= 4 is 11.6 Å². The Morgan fingerprint density at radius 3 is 2.34 bits per heavy atom. The van der Waals surface area contributed by atoms with Crippen molar-refractivity contribution in [2.75, 3.05) is 23.3 Å². The molecule has 1 aliphatic heterocycles. The lowest BCUT2D eigenvalue weighted by atomic mass is 10.0. The summed E-state index contributed by atoms with van der Waals surface area (Å²) in [6.45, 7) is 10.0. The normalized spacial score (nSPS) is 14.8. The molecule has 0 aromatic carbocycles. The number of aromatic nitrogens is 5. The summed E-state index contributed by atoms with van der Waals surface area (Å²) in [6, 6.07) is 6.34. The highest BCUT2D eigenvalue weighted by Gasteiger charge is 2.22. The smallest absolute Gasteiger partial charge is 0.161 e. The van der Waals surface area contributed by atoms with Crippen molar-refractivity contribution in [2.24, 2.45) is 0 Å². The van der Waals surface area contributed by atoms with Crippen molar-refractivity contribution < 1.29 is 0 Å². The maximum Gasteiger partial charge on any atom is 0.161 e. The molecule has 0 saturated carbocycles. The molecule has 3 aromatic heterocycles. The molecule has 29 heavy (non-hydrogen) atoms. The zero-order chi connectivity index (χ0) is 20.4. The van der Waals surface area contributed by atoms with E-state index in [1.807, 2.05) is 32.9 Å². The topological polar surface area (TPSA) is 79.7 Å². The molecule has 0 atom stereocenters. The van der Waals surface area contributed by atoms with Gasteiger partial charge in [0.1, 0.15) is 17.5 Å². The Morgan fingerprint density at radius 2 is 1.66 bits per heavy atom. The molecule has 7 heteroatoms. The fourth-order valence-electron chi connectivity index (χ4n) is 3.71. The number of anilines is 2. The van der Waals surface area contributed by atoms with Gasteiger partial charge >= 0.3 is 0 Å². The van der Waals surface area contributed by atoms with Gasteiger partial charge in [-0.3, -0.25) is 4.98 Å². The average molecular weight is 390 g/mol. The van der Waals surface area contributed by atoms with Gasteiger partial charge < -0.3 is 10.2 Å². The predicted octanol–water partition coefficient (Wildman–Crippen LogP) is 3.64. The Hall–Kier alpha value is -3.09. The number of pyridine rings is 1. The van der Waals surface area contributed by atoms with E-state index in [4.69, 9.17) is 4.98 Å². The van der Waals surface area contributed by atoms with Gasteiger partial charge in [0.25, 0.3) is 0 Å². The molecule has 150 valence electrons. The molecule has 7 nitrogen and oxygen atoms in total. The molecule has 4 rings (SSSR count). The Labute approximate surface area is 171 Å². The molecule has 3 aromatic rings. The second-order valence-corrected chi connectivity index (χ2v) is 7.66. The molecule has 0 amide bonds. The number of nitrogens with zero attached hydrogens (tertiary/aromatic N) is 6. The summed E-state index contributed by atoms with van der Waals surface area (Å²) < 4.78 is 0. The first kappa shape index (κ1) is 19.2. The van der Waals surface area contributed by atoms with E-state index >= 15 is 0 Å². The number of hydrogen-bond acceptors (Lipinski definition) is 7. The lowest BCUT2D eigenvalue weighted by Crippen LogP contribution is -2.40. The van der Waals surface area contributed by atoms with Gasteiger partial charge in [-0.15, -0.1) is 0 Å². The number of aryl methyl sites for hydroxylation is 3. The number of piperidine rings is 1. The quantitative estimate of drug-likeness (QED) is 0.729. The van der Waals surface area contributed by atoms with Crippen LogP contribution >= 0.6 is 0 Å². The van der Waals surface area contributed by atoms with Crippen LogP contribution in [0, 0.1) is 27.7 Å². The number of rotatable bonds is 4. The molecular weight excluding hydrogens is 362 g/mol. The van der Waals surface area contributed by atoms with E-state index in [2.05, 4.69) is 43.1 Å². The van der Waals surface area contributed by atoms with Gasteiger partial charge in [-0.1, -0.05) is 0 Å². The van der Waals surface area contributed by atoms with E-state index in [1.165, 1.54) is 0 Å². The second kappa shape index (κ2) is 8.11. The summed E-state index contributed by atoms with van der Waals surface area (Å²) in [4.78, 5) is 24.9. The fourth-order valence-corrected chi connectivity index (χ4v) is 3.71. The van der Waals surface area contributed by atoms with E-state index in [-0.39, 0.29) is 0 Å². The summed E-state index contributed by atoms with van der Waals surface area (Å²) in [7, 11) is 0. The molecule has 0 radical (unpaired) electrons. The first-order chi connectivity index (χ1) is 14.0. The van der Waals surface area contributed by atoms with Gasteiger partial charge in [-0.05, 0) is 52.7 Å². The SMILES string of the molecule is Cc1cc(N2CCC(Nc3nc(-c4ccncc4)nc(C)c3C)CC2)nc(C)n1. The van der Waals surface area contributed by atoms with Gasteiger partial charge in [-0.2, -0.15) is 0 Å². The van der Waals surface area contributed by atoms with Gasteiger partial charge in [0.2, 0.25) is 0 Å². The van der Waals surface area contributed by atoms with Crippen LogP contribution in [0.15, 0.2) is 30.6 Å². The number of nitrogens with one attached hydrogen (secondary N) is 1. The molecule has 0 unspecified atom stereocenters. The highest BCUT2D eigenvalue weighted by atomic mass is 15.2. The summed E-state index contributed by atoms with van der Waals surface area (Å²) >= 11 is 0. The molecule has 1 N–H and O–H groups in total. The molecule has 1 fully saturated rings. The lowest BCUT2D eigenvalue weighted by molar-refractivity contribution is 0.521. The monoisotopic (exact) mass is 389 g/mol. The van der Waals surface area contributed by atoms with Crippen LogP contribution < -0.4 is 10.2 Å². The van der Waals surface area contributed by atoms with E-state index in [0.29, 0.717) is 6.04 Å². The first-order valence-corrected chi connectivity index (χ1v) is 10.1. The number of hydrogen-bond donors (Lipinski definition) is 1. The third kappa shape index (κ3) is 4.34. The Kier molecular flexibility index (Phi) is 5.38. The molecule has 1 aliphatic rings. The largest absolute Gasteiger partial charge is 0.367 e. The van der Waals surface area contributed by atoms with Crippen LogP contribution in [0.3, 0.4) is 0 Å². The predicted molar refractivity (Wildman–Crippen MR) is 115 cm³/mol. The van der Waals surface area contributed by atoms with Crippen molar-refractivity contribution in [3.05, 3.63) is 53.4 Å². The molecule has 0 aliphatic carbocycles. The van der Waals surface area contributed by atoms with Crippen LogP contribution in [-0.2, 0) is 0 Å². The first-order valence-electron chi connectivity index (χ1n) is 10.1. The Bertz CT molecular complexity index is 975. The molecule has 4 heterocycles. The second-order valence-electron chi connectivity index (χ2n) is 7.66. The highest BCUT2D eigenvalue weighted by molar-refractivity contribution is 5.59. The zero-order valence-corrected chi connectivity index (χ0v) is 17.5. The van der Waals surface area contributed by atoms with Crippen LogP contribution in [0.25, 0.3) is 11.4 Å². The molecule has 0 bridgehead atoms. The molecular formula is C22H27N7. The Morgan fingerprint density at radius 1 is 0.931 bits per heavy atom. The fraction of sp³-hybridized carbons (Fsp3) is 0.409. The third-order valence-corrected chi connectivity index (χ3v) is 5.44. The summed E-state index contributed by atoms with van der Waals surface area (Å²) in [5, 5.41) is 3.67. The zero-order valence-electron chi connectivity index (χ0n) is 17.5. The van der Waals surface area contributed by atoms with Gasteiger partial charge in [0.15, 0.2) is 5.82 Å². The standard InChI is InChI=1S/C22H27N7/c1-14-13-20(26-17(4)24-14)29-11-7-19(8-12-29)27-21-15(2)16(3)25-22(28-21)18-5-9-23-10-6-18/h5-6,9-10,13,19H,7-8,11-12H2,1-4H3,(H,25,27,28). The van der Waals surface area contributed by atoms with Crippen molar-refractivity contribution in [3.8, 4) is 11.4 Å². The van der Waals surface area contributed by atoms with Gasteiger partial charge in [0.05, 0.1) is 0 Å². The van der Waals surface area contributed by atoms with E-state index in [1.54, 1.807) is 12.4 Å². The Balaban J connectivity index is 1.47. The van der Waals surface area contributed by atoms with Crippen molar-refractivity contribution in [2.45, 2.75) is 46.6 Å². The minimum Gasteiger partial charge on any atom is -0.367 e. The van der Waals surface area contributed by atoms with Gasteiger partial charge in [0, 0.05) is 60.1 Å². The van der Waals surface area contributed by atoms with Crippen molar-refractivity contribution in [3.63, 3.8) is 0 Å². The third-order valence-electron chi connectivity index (χ3n) is 5.44.